The molecule has 0 bridgehead atoms. The average molecular weight is 432 g/mol. The van der Waals surface area contributed by atoms with Gasteiger partial charge in [0.15, 0.2) is 0 Å². The molecule has 2 saturated heterocycles. The number of amides is 1. The number of rotatable bonds is 7. The number of nitrogens with zero attached hydrogens (tertiary/aromatic N) is 2. The maximum absolute atomic E-state index is 13.5. The van der Waals surface area contributed by atoms with Gasteiger partial charge in [-0.25, -0.2) is 0 Å². The molecule has 3 atom stereocenters. The van der Waals surface area contributed by atoms with Gasteiger partial charge in [0.25, 0.3) is 0 Å². The smallest absolute Gasteiger partial charge is 0.227 e. The Morgan fingerprint density at radius 2 is 2.00 bits per heavy atom. The number of hydrogen-bond donors (Lipinski definition) is 1. The number of likely N-dealkylation sites (tertiary alicyclic amines) is 1. The highest BCUT2D eigenvalue weighted by molar-refractivity contribution is 7.99. The molecule has 3 aliphatic rings. The Kier molecular flexibility index (Phi) is 7.74. The maximum Gasteiger partial charge on any atom is 0.227 e. The van der Waals surface area contributed by atoms with E-state index in [0.717, 1.165) is 77.5 Å². The zero-order chi connectivity index (χ0) is 20.8. The van der Waals surface area contributed by atoms with Crippen molar-refractivity contribution in [2.24, 2.45) is 11.3 Å². The zero-order valence-electron chi connectivity index (χ0n) is 18.4. The minimum Gasteiger partial charge on any atom is -0.379 e. The summed E-state index contributed by atoms with van der Waals surface area (Å²) in [4.78, 5) is 19.9. The minimum absolute atomic E-state index is 0.200. The molecule has 30 heavy (non-hydrogen) atoms. The molecule has 5 nitrogen and oxygen atoms in total. The van der Waals surface area contributed by atoms with E-state index < -0.39 is 0 Å². The third-order valence-corrected chi connectivity index (χ3v) is 8.44. The monoisotopic (exact) mass is 431 g/mol. The van der Waals surface area contributed by atoms with Crippen LogP contribution in [0, 0.1) is 11.3 Å². The molecular weight excluding hydrogens is 394 g/mol. The SMILES string of the molecule is CCN1CC[C@@H]2C[C@@H](N3CCOCC3)CC[C@@]2(C(=O)NCCSc2ccccc2)C1. The molecule has 1 amide bonds. The number of thioether (sulfide) groups is 1. The molecule has 4 rings (SSSR count). The Bertz CT molecular complexity index is 682. The lowest BCUT2D eigenvalue weighted by atomic mass is 9.61. The number of nitrogens with one attached hydrogen (secondary N) is 1. The van der Waals surface area contributed by atoms with E-state index in [1.807, 2.05) is 17.8 Å². The molecule has 1 N–H and O–H groups in total. The number of carbonyl (C=O) groups excluding carboxylic acids is 1. The van der Waals surface area contributed by atoms with Crippen molar-refractivity contribution in [1.82, 2.24) is 15.1 Å². The first kappa shape index (κ1) is 22.1. The summed E-state index contributed by atoms with van der Waals surface area (Å²) in [5, 5.41) is 3.33. The molecule has 1 aromatic rings. The maximum atomic E-state index is 13.5. The number of fused-ring (bicyclic) bond motifs is 1. The highest BCUT2D eigenvalue weighted by Gasteiger charge is 2.52. The lowest BCUT2D eigenvalue weighted by Crippen LogP contribution is -2.61. The van der Waals surface area contributed by atoms with Gasteiger partial charge in [0.05, 0.1) is 18.6 Å². The van der Waals surface area contributed by atoms with Crippen LogP contribution < -0.4 is 5.32 Å². The topological polar surface area (TPSA) is 44.8 Å². The quantitative estimate of drug-likeness (QED) is 0.531. The number of carbonyl (C=O) groups is 1. The number of hydrogen-bond acceptors (Lipinski definition) is 5. The van der Waals surface area contributed by atoms with Crippen LogP contribution in [0.25, 0.3) is 0 Å². The third-order valence-electron chi connectivity index (χ3n) is 7.42. The van der Waals surface area contributed by atoms with Crippen molar-refractivity contribution in [3.8, 4) is 0 Å². The summed E-state index contributed by atoms with van der Waals surface area (Å²) in [6.07, 6.45) is 4.48. The molecule has 0 radical (unpaired) electrons. The van der Waals surface area contributed by atoms with Gasteiger partial charge in [-0.05, 0) is 56.8 Å². The summed E-state index contributed by atoms with van der Waals surface area (Å²) >= 11 is 1.82. The molecule has 1 aliphatic carbocycles. The highest BCUT2D eigenvalue weighted by atomic mass is 32.2. The van der Waals surface area contributed by atoms with Crippen LogP contribution >= 0.6 is 11.8 Å². The normalized spacial score (nSPS) is 30.6. The van der Waals surface area contributed by atoms with Crippen molar-refractivity contribution in [2.45, 2.75) is 43.5 Å². The molecule has 2 heterocycles. The second-order valence-electron chi connectivity index (χ2n) is 9.00. The van der Waals surface area contributed by atoms with Gasteiger partial charge in [-0.15, -0.1) is 11.8 Å². The second kappa shape index (κ2) is 10.5. The van der Waals surface area contributed by atoms with Crippen LogP contribution in [0.5, 0.6) is 0 Å². The first-order chi connectivity index (χ1) is 14.7. The summed E-state index contributed by atoms with van der Waals surface area (Å²) in [7, 11) is 0. The average Bonchev–Trinajstić information content (AvgIpc) is 2.82. The van der Waals surface area contributed by atoms with Crippen LogP contribution in [0.2, 0.25) is 0 Å². The lowest BCUT2D eigenvalue weighted by molar-refractivity contribution is -0.144. The molecule has 1 aromatic carbocycles. The van der Waals surface area contributed by atoms with E-state index in [-0.39, 0.29) is 5.41 Å². The number of morpholine rings is 1. The first-order valence-electron chi connectivity index (χ1n) is 11.7. The second-order valence-corrected chi connectivity index (χ2v) is 10.2. The molecular formula is C24H37N3O2S. The molecule has 0 spiro atoms. The van der Waals surface area contributed by atoms with Crippen LogP contribution in [0.15, 0.2) is 35.2 Å². The van der Waals surface area contributed by atoms with Gasteiger partial charge in [0.2, 0.25) is 5.91 Å². The van der Waals surface area contributed by atoms with E-state index in [2.05, 4.69) is 46.3 Å². The van der Waals surface area contributed by atoms with E-state index in [4.69, 9.17) is 4.74 Å². The summed E-state index contributed by atoms with van der Waals surface area (Å²) in [5.74, 6) is 1.73. The standard InChI is InChI=1S/C24H37N3O2S/c1-2-26-12-9-20-18-21(27-13-15-29-16-14-27)8-10-24(20,19-26)23(28)25-11-17-30-22-6-4-3-5-7-22/h3-7,20-21H,2,8-19H2,1H3,(H,25,28)/t20-,21+,24-/m1/s1. The van der Waals surface area contributed by atoms with Gasteiger partial charge in [0.1, 0.15) is 0 Å². The van der Waals surface area contributed by atoms with E-state index in [1.54, 1.807) is 0 Å². The first-order valence-corrected chi connectivity index (χ1v) is 12.7. The van der Waals surface area contributed by atoms with E-state index in [0.29, 0.717) is 17.9 Å². The van der Waals surface area contributed by atoms with Crippen LogP contribution in [0.3, 0.4) is 0 Å². The fourth-order valence-corrected chi connectivity index (χ4v) is 6.45. The fourth-order valence-electron chi connectivity index (χ4n) is 5.66. The van der Waals surface area contributed by atoms with Crippen LogP contribution in [-0.2, 0) is 9.53 Å². The third kappa shape index (κ3) is 5.04. The predicted molar refractivity (Wildman–Crippen MR) is 123 cm³/mol. The molecule has 166 valence electrons. The largest absolute Gasteiger partial charge is 0.379 e. The van der Waals surface area contributed by atoms with Gasteiger partial charge >= 0.3 is 0 Å². The Hall–Kier alpha value is -1.08. The number of ether oxygens (including phenoxy) is 1. The molecule has 6 heteroatoms. The van der Waals surface area contributed by atoms with Gasteiger partial charge in [0, 0.05) is 42.9 Å². The van der Waals surface area contributed by atoms with E-state index in [1.165, 1.54) is 11.3 Å². The zero-order valence-corrected chi connectivity index (χ0v) is 19.2. The van der Waals surface area contributed by atoms with Crippen molar-refractivity contribution >= 4 is 17.7 Å². The summed E-state index contributed by atoms with van der Waals surface area (Å²) in [6.45, 7) is 9.89. The van der Waals surface area contributed by atoms with Crippen molar-refractivity contribution in [3.05, 3.63) is 30.3 Å². The molecule has 2 aliphatic heterocycles. The summed E-state index contributed by atoms with van der Waals surface area (Å²) < 4.78 is 5.56. The van der Waals surface area contributed by atoms with Crippen molar-refractivity contribution in [2.75, 3.05) is 58.2 Å². The predicted octanol–water partition coefficient (Wildman–Crippen LogP) is 3.11. The Balaban J connectivity index is 1.36. The van der Waals surface area contributed by atoms with Crippen molar-refractivity contribution in [1.29, 1.82) is 0 Å². The van der Waals surface area contributed by atoms with Gasteiger partial charge in [-0.2, -0.15) is 0 Å². The Morgan fingerprint density at radius 3 is 2.77 bits per heavy atom. The highest BCUT2D eigenvalue weighted by Crippen LogP contribution is 2.47. The molecule has 1 saturated carbocycles. The van der Waals surface area contributed by atoms with Crippen molar-refractivity contribution < 1.29 is 9.53 Å². The summed E-state index contributed by atoms with van der Waals surface area (Å²) in [6, 6.07) is 11.1. The Labute approximate surface area is 185 Å². The van der Waals surface area contributed by atoms with Crippen molar-refractivity contribution in [3.63, 3.8) is 0 Å². The molecule has 3 fully saturated rings. The minimum atomic E-state index is -0.200. The van der Waals surface area contributed by atoms with Gasteiger partial charge in [-0.1, -0.05) is 25.1 Å². The van der Waals surface area contributed by atoms with Crippen LogP contribution in [0.1, 0.15) is 32.6 Å². The molecule has 0 unspecified atom stereocenters. The molecule has 0 aromatic heterocycles. The fraction of sp³-hybridized carbons (Fsp3) is 0.708. The van der Waals surface area contributed by atoms with Crippen LogP contribution in [-0.4, -0.2) is 80.0 Å². The Morgan fingerprint density at radius 1 is 1.20 bits per heavy atom. The summed E-state index contributed by atoms with van der Waals surface area (Å²) in [5.41, 5.74) is -0.200. The van der Waals surface area contributed by atoms with E-state index in [9.17, 15) is 4.79 Å². The van der Waals surface area contributed by atoms with Crippen LogP contribution in [0.4, 0.5) is 0 Å². The van der Waals surface area contributed by atoms with Gasteiger partial charge < -0.3 is 15.0 Å². The number of benzene rings is 1. The number of piperidine rings is 1. The van der Waals surface area contributed by atoms with Gasteiger partial charge in [-0.3, -0.25) is 9.69 Å². The van der Waals surface area contributed by atoms with E-state index >= 15 is 0 Å². The lowest BCUT2D eigenvalue weighted by Gasteiger charge is -2.53.